The van der Waals surface area contributed by atoms with Gasteiger partial charge in [-0.3, -0.25) is 4.79 Å². The van der Waals surface area contributed by atoms with Gasteiger partial charge in [-0.25, -0.2) is 4.98 Å². The summed E-state index contributed by atoms with van der Waals surface area (Å²) in [5, 5.41) is 15.1. The van der Waals surface area contributed by atoms with Gasteiger partial charge in [0.15, 0.2) is 0 Å². The fourth-order valence-electron chi connectivity index (χ4n) is 4.79. The highest BCUT2D eigenvalue weighted by atomic mass is 16.5. The zero-order chi connectivity index (χ0) is 23.3. The summed E-state index contributed by atoms with van der Waals surface area (Å²) in [7, 11) is 0. The van der Waals surface area contributed by atoms with Crippen molar-refractivity contribution in [2.24, 2.45) is 0 Å². The molecular formula is C29H28N2O3. The Hall–Kier alpha value is -3.86. The van der Waals surface area contributed by atoms with E-state index in [1.165, 1.54) is 22.1 Å². The van der Waals surface area contributed by atoms with Crippen molar-refractivity contribution in [2.45, 2.75) is 31.6 Å². The first-order valence-electron chi connectivity index (χ1n) is 11.8. The number of allylic oxidation sites excluding steroid dienone is 5. The standard InChI is InChI=1S/C29H28N2O3/c32-28(33)19-24-16-21-10-11-25(18-23(21)17-22-7-2-3-8-26(22)24)34-15-5-13-30-29-27-9-4-1-6-20(27)12-14-31-29/h1-4,6-9,11-12,14,16,18,24H,5,10,13,15,17,19H2,(H,30,31)(H,32,33). The Kier molecular flexibility index (Phi) is 6.43. The number of ether oxygens (including phenoxy) is 1. The third kappa shape index (κ3) is 4.88. The van der Waals surface area contributed by atoms with Gasteiger partial charge in [0.2, 0.25) is 0 Å². The summed E-state index contributed by atoms with van der Waals surface area (Å²) in [5.74, 6) is 0.926. The molecule has 0 saturated carbocycles. The van der Waals surface area contributed by atoms with Crippen LogP contribution in [0.2, 0.25) is 0 Å². The third-order valence-corrected chi connectivity index (χ3v) is 6.44. The number of rotatable bonds is 8. The minimum Gasteiger partial charge on any atom is -0.494 e. The summed E-state index contributed by atoms with van der Waals surface area (Å²) in [6, 6.07) is 18.4. The Morgan fingerprint density at radius 2 is 1.94 bits per heavy atom. The third-order valence-electron chi connectivity index (χ3n) is 6.44. The molecule has 1 atom stereocenters. The summed E-state index contributed by atoms with van der Waals surface area (Å²) < 4.78 is 6.08. The molecule has 34 heavy (non-hydrogen) atoms. The van der Waals surface area contributed by atoms with Gasteiger partial charge in [-0.05, 0) is 65.1 Å². The molecule has 0 amide bonds. The topological polar surface area (TPSA) is 71.5 Å². The average Bonchev–Trinajstić information content (AvgIpc) is 2.99. The van der Waals surface area contributed by atoms with Crippen LogP contribution >= 0.6 is 0 Å². The molecule has 0 bridgehead atoms. The molecule has 1 unspecified atom stereocenters. The van der Waals surface area contributed by atoms with Crippen molar-refractivity contribution < 1.29 is 14.6 Å². The average molecular weight is 453 g/mol. The van der Waals surface area contributed by atoms with E-state index in [1.807, 2.05) is 36.5 Å². The lowest BCUT2D eigenvalue weighted by Gasteiger charge is -2.17. The van der Waals surface area contributed by atoms with Gasteiger partial charge in [0.1, 0.15) is 11.6 Å². The minimum absolute atomic E-state index is 0.0979. The van der Waals surface area contributed by atoms with Crippen LogP contribution in [0.15, 0.2) is 95.9 Å². The van der Waals surface area contributed by atoms with Crippen LogP contribution in [0, 0.1) is 0 Å². The number of aliphatic carboxylic acids is 1. The van der Waals surface area contributed by atoms with Gasteiger partial charge in [-0.1, -0.05) is 54.6 Å². The number of nitrogens with zero attached hydrogens (tertiary/aromatic N) is 1. The molecule has 172 valence electrons. The fourth-order valence-corrected chi connectivity index (χ4v) is 4.79. The van der Waals surface area contributed by atoms with Crippen molar-refractivity contribution in [1.82, 2.24) is 4.98 Å². The molecule has 2 aliphatic carbocycles. The smallest absolute Gasteiger partial charge is 0.304 e. The van der Waals surface area contributed by atoms with E-state index in [2.05, 4.69) is 52.8 Å². The number of hydrogen-bond donors (Lipinski definition) is 2. The number of benzene rings is 2. The predicted octanol–water partition coefficient (Wildman–Crippen LogP) is 6.01. The lowest BCUT2D eigenvalue weighted by atomic mass is 9.91. The van der Waals surface area contributed by atoms with E-state index >= 15 is 0 Å². The monoisotopic (exact) mass is 452 g/mol. The van der Waals surface area contributed by atoms with Gasteiger partial charge < -0.3 is 15.2 Å². The summed E-state index contributed by atoms with van der Waals surface area (Å²) in [6.07, 6.45) is 10.7. The number of fused-ring (bicyclic) bond motifs is 3. The molecule has 1 aromatic heterocycles. The quantitative estimate of drug-likeness (QED) is 0.410. The molecule has 2 N–H and O–H groups in total. The lowest BCUT2D eigenvalue weighted by Crippen LogP contribution is -2.08. The molecule has 3 aromatic rings. The van der Waals surface area contributed by atoms with Gasteiger partial charge in [-0.2, -0.15) is 0 Å². The first-order chi connectivity index (χ1) is 16.7. The van der Waals surface area contributed by atoms with E-state index in [0.29, 0.717) is 6.61 Å². The van der Waals surface area contributed by atoms with Crippen molar-refractivity contribution in [1.29, 1.82) is 0 Å². The Bertz CT molecular complexity index is 1300. The van der Waals surface area contributed by atoms with Crippen LogP contribution in [0.25, 0.3) is 10.8 Å². The SMILES string of the molecule is O=C(O)CC1C=C2CC=C(OCCCNc3nccc4ccccc34)C=C2Cc2ccccc21. The maximum absolute atomic E-state index is 11.4. The van der Waals surface area contributed by atoms with Crippen LogP contribution in [0.3, 0.4) is 0 Å². The molecule has 0 radical (unpaired) electrons. The molecule has 5 heteroatoms. The van der Waals surface area contributed by atoms with Gasteiger partial charge in [0.05, 0.1) is 13.0 Å². The van der Waals surface area contributed by atoms with E-state index in [0.717, 1.165) is 48.3 Å². The zero-order valence-corrected chi connectivity index (χ0v) is 19.0. The van der Waals surface area contributed by atoms with Crippen LogP contribution in [0.5, 0.6) is 0 Å². The molecule has 2 aromatic carbocycles. The van der Waals surface area contributed by atoms with Crippen molar-refractivity contribution in [3.63, 3.8) is 0 Å². The van der Waals surface area contributed by atoms with Crippen LogP contribution in [0.1, 0.15) is 36.3 Å². The predicted molar refractivity (Wildman–Crippen MR) is 135 cm³/mol. The van der Waals surface area contributed by atoms with Crippen LogP contribution in [-0.2, 0) is 16.0 Å². The molecule has 0 spiro atoms. The van der Waals surface area contributed by atoms with Crippen molar-refractivity contribution in [2.75, 3.05) is 18.5 Å². The number of hydrogen-bond acceptors (Lipinski definition) is 4. The van der Waals surface area contributed by atoms with Gasteiger partial charge >= 0.3 is 5.97 Å². The Balaban J connectivity index is 1.20. The zero-order valence-electron chi connectivity index (χ0n) is 19.0. The molecule has 5 nitrogen and oxygen atoms in total. The second-order valence-electron chi connectivity index (χ2n) is 8.76. The first kappa shape index (κ1) is 22.0. The highest BCUT2D eigenvalue weighted by Gasteiger charge is 2.24. The van der Waals surface area contributed by atoms with E-state index in [-0.39, 0.29) is 12.3 Å². The van der Waals surface area contributed by atoms with Crippen molar-refractivity contribution in [3.05, 3.63) is 107 Å². The molecular weight excluding hydrogens is 424 g/mol. The molecule has 0 aliphatic heterocycles. The Morgan fingerprint density at radius 1 is 1.09 bits per heavy atom. The highest BCUT2D eigenvalue weighted by Crippen LogP contribution is 2.37. The van der Waals surface area contributed by atoms with E-state index < -0.39 is 5.97 Å². The van der Waals surface area contributed by atoms with Crippen LogP contribution in [0.4, 0.5) is 5.82 Å². The minimum atomic E-state index is -0.772. The van der Waals surface area contributed by atoms with Gasteiger partial charge in [0.25, 0.3) is 0 Å². The molecule has 2 aliphatic rings. The summed E-state index contributed by atoms with van der Waals surface area (Å²) >= 11 is 0. The normalized spacial score (nSPS) is 16.9. The van der Waals surface area contributed by atoms with E-state index in [9.17, 15) is 9.90 Å². The maximum Gasteiger partial charge on any atom is 0.304 e. The molecule has 0 fully saturated rings. The van der Waals surface area contributed by atoms with Crippen molar-refractivity contribution in [3.8, 4) is 0 Å². The summed E-state index contributed by atoms with van der Waals surface area (Å²) in [6.45, 7) is 1.39. The fraction of sp³-hybridized carbons (Fsp3) is 0.241. The number of pyridine rings is 1. The number of carboxylic acids is 1. The Morgan fingerprint density at radius 3 is 2.85 bits per heavy atom. The second-order valence-corrected chi connectivity index (χ2v) is 8.76. The largest absolute Gasteiger partial charge is 0.494 e. The lowest BCUT2D eigenvalue weighted by molar-refractivity contribution is -0.137. The second kappa shape index (κ2) is 9.96. The summed E-state index contributed by atoms with van der Waals surface area (Å²) in [5.41, 5.74) is 4.73. The van der Waals surface area contributed by atoms with E-state index in [4.69, 9.17) is 4.74 Å². The highest BCUT2D eigenvalue weighted by molar-refractivity contribution is 5.91. The number of carboxylic acid groups (broad SMARTS) is 1. The van der Waals surface area contributed by atoms with Crippen LogP contribution < -0.4 is 5.32 Å². The first-order valence-corrected chi connectivity index (χ1v) is 11.8. The number of carbonyl (C=O) groups is 1. The number of anilines is 1. The van der Waals surface area contributed by atoms with Gasteiger partial charge in [0, 0.05) is 24.0 Å². The maximum atomic E-state index is 11.4. The molecule has 1 heterocycles. The number of aromatic nitrogens is 1. The van der Waals surface area contributed by atoms with Crippen molar-refractivity contribution >= 4 is 22.6 Å². The molecule has 5 rings (SSSR count). The number of nitrogens with one attached hydrogen (secondary N) is 1. The summed E-state index contributed by atoms with van der Waals surface area (Å²) in [4.78, 5) is 15.9. The Labute approximate surface area is 199 Å². The van der Waals surface area contributed by atoms with Crippen LogP contribution in [-0.4, -0.2) is 29.2 Å². The van der Waals surface area contributed by atoms with E-state index in [1.54, 1.807) is 0 Å². The van der Waals surface area contributed by atoms with Gasteiger partial charge in [-0.15, -0.1) is 0 Å². The molecule has 0 saturated heterocycles.